The van der Waals surface area contributed by atoms with Crippen molar-refractivity contribution in [1.29, 1.82) is 0 Å². The van der Waals surface area contributed by atoms with Gasteiger partial charge in [0.25, 0.3) is 0 Å². The summed E-state index contributed by atoms with van der Waals surface area (Å²) in [6.07, 6.45) is -3.69. The molecule has 2 aromatic rings. The van der Waals surface area contributed by atoms with Crippen molar-refractivity contribution in [3.63, 3.8) is 0 Å². The summed E-state index contributed by atoms with van der Waals surface area (Å²) in [6, 6.07) is 10.7. The van der Waals surface area contributed by atoms with Crippen molar-refractivity contribution >= 4 is 35.0 Å². The molecule has 0 aromatic heterocycles. The Bertz CT molecular complexity index is 880. The Morgan fingerprint density at radius 2 is 1.63 bits per heavy atom. The normalized spacial score (nSPS) is 12.3. The number of thioether (sulfide) groups is 1. The number of hydrogen-bond acceptors (Lipinski definition) is 3. The molecular weight excluding hydrogens is 413 g/mol. The Kier molecular flexibility index (Phi) is 8.34. The van der Waals surface area contributed by atoms with E-state index in [4.69, 9.17) is 0 Å². The molecule has 2 aromatic carbocycles. The highest BCUT2D eigenvalue weighted by Crippen LogP contribution is 2.34. The van der Waals surface area contributed by atoms with Gasteiger partial charge in [-0.05, 0) is 56.2 Å². The second-order valence-electron chi connectivity index (χ2n) is 6.96. The topological polar surface area (TPSA) is 58.2 Å². The number of aryl methyl sites for hydroxylation is 2. The zero-order chi connectivity index (χ0) is 22.3. The molecule has 2 amide bonds. The van der Waals surface area contributed by atoms with E-state index in [9.17, 15) is 22.8 Å². The Labute approximate surface area is 178 Å². The van der Waals surface area contributed by atoms with Gasteiger partial charge in [-0.3, -0.25) is 9.59 Å². The van der Waals surface area contributed by atoms with Crippen molar-refractivity contribution < 1.29 is 22.8 Å². The maximum absolute atomic E-state index is 13.0. The summed E-state index contributed by atoms with van der Waals surface area (Å²) in [6.45, 7) is 5.48. The predicted octanol–water partition coefficient (Wildman–Crippen LogP) is 5.80. The van der Waals surface area contributed by atoms with Crippen LogP contribution in [0.3, 0.4) is 0 Å². The first-order valence-corrected chi connectivity index (χ1v) is 10.6. The molecule has 30 heavy (non-hydrogen) atoms. The largest absolute Gasteiger partial charge is 0.418 e. The quantitative estimate of drug-likeness (QED) is 0.512. The van der Waals surface area contributed by atoms with Gasteiger partial charge in [0, 0.05) is 12.1 Å². The first-order chi connectivity index (χ1) is 14.1. The second-order valence-corrected chi connectivity index (χ2v) is 8.41. The fourth-order valence-corrected chi connectivity index (χ4v) is 3.73. The van der Waals surface area contributed by atoms with Gasteiger partial charge in [0.15, 0.2) is 0 Å². The lowest BCUT2D eigenvalue weighted by molar-refractivity contribution is -0.137. The molecule has 1 atom stereocenters. The zero-order valence-corrected chi connectivity index (χ0v) is 17.9. The van der Waals surface area contributed by atoms with Crippen LogP contribution in [0.4, 0.5) is 24.5 Å². The van der Waals surface area contributed by atoms with Crippen LogP contribution in [-0.4, -0.2) is 22.8 Å². The highest BCUT2D eigenvalue weighted by Gasteiger charge is 2.33. The highest BCUT2D eigenvalue weighted by atomic mass is 32.2. The van der Waals surface area contributed by atoms with Crippen molar-refractivity contribution in [3.05, 3.63) is 59.2 Å². The van der Waals surface area contributed by atoms with E-state index in [2.05, 4.69) is 10.6 Å². The van der Waals surface area contributed by atoms with Crippen LogP contribution in [0.5, 0.6) is 0 Å². The number of carbonyl (C=O) groups excluding carboxylic acids is 2. The van der Waals surface area contributed by atoms with Crippen molar-refractivity contribution in [2.24, 2.45) is 0 Å². The minimum Gasteiger partial charge on any atom is -0.326 e. The van der Waals surface area contributed by atoms with Crippen LogP contribution in [0.25, 0.3) is 0 Å². The number of carbonyl (C=O) groups is 2. The lowest BCUT2D eigenvalue weighted by Gasteiger charge is -2.16. The van der Waals surface area contributed by atoms with Gasteiger partial charge in [0.2, 0.25) is 11.8 Å². The summed E-state index contributed by atoms with van der Waals surface area (Å²) in [5, 5.41) is 4.71. The van der Waals surface area contributed by atoms with Crippen LogP contribution >= 0.6 is 11.8 Å². The Morgan fingerprint density at radius 3 is 2.27 bits per heavy atom. The highest BCUT2D eigenvalue weighted by molar-refractivity contribution is 8.00. The van der Waals surface area contributed by atoms with E-state index in [0.29, 0.717) is 18.6 Å². The molecule has 4 nitrogen and oxygen atoms in total. The summed E-state index contributed by atoms with van der Waals surface area (Å²) in [4.78, 5) is 24.4. The molecule has 0 saturated heterocycles. The molecule has 8 heteroatoms. The van der Waals surface area contributed by atoms with Gasteiger partial charge < -0.3 is 10.6 Å². The van der Waals surface area contributed by atoms with E-state index < -0.39 is 22.9 Å². The van der Waals surface area contributed by atoms with E-state index in [0.717, 1.165) is 22.9 Å². The monoisotopic (exact) mass is 438 g/mol. The van der Waals surface area contributed by atoms with Crippen molar-refractivity contribution in [3.8, 4) is 0 Å². The third kappa shape index (κ3) is 6.79. The number of nitrogens with one attached hydrogen (secondary N) is 2. The molecule has 2 rings (SSSR count). The smallest absolute Gasteiger partial charge is 0.326 e. The lowest BCUT2D eigenvalue weighted by Crippen LogP contribution is -2.24. The number of hydrogen-bond donors (Lipinski definition) is 2. The molecule has 2 N–H and O–H groups in total. The molecule has 0 spiro atoms. The van der Waals surface area contributed by atoms with Crippen molar-refractivity contribution in [2.45, 2.75) is 45.0 Å². The average molecular weight is 439 g/mol. The Morgan fingerprint density at radius 1 is 1.00 bits per heavy atom. The van der Waals surface area contributed by atoms with E-state index in [1.54, 1.807) is 6.92 Å². The van der Waals surface area contributed by atoms with Gasteiger partial charge >= 0.3 is 6.18 Å². The number of alkyl halides is 3. The van der Waals surface area contributed by atoms with Crippen LogP contribution < -0.4 is 10.6 Å². The van der Waals surface area contributed by atoms with Crippen LogP contribution in [-0.2, 0) is 15.8 Å². The summed E-state index contributed by atoms with van der Waals surface area (Å²) in [5.41, 5.74) is 1.66. The molecule has 1 unspecified atom stereocenters. The van der Waals surface area contributed by atoms with Crippen LogP contribution in [0, 0.1) is 13.8 Å². The molecule has 0 fully saturated rings. The summed E-state index contributed by atoms with van der Waals surface area (Å²) in [7, 11) is 0. The van der Waals surface area contributed by atoms with Gasteiger partial charge in [-0.1, -0.05) is 30.3 Å². The van der Waals surface area contributed by atoms with Crippen LogP contribution in [0.1, 0.15) is 36.5 Å². The first-order valence-electron chi connectivity index (χ1n) is 9.54. The van der Waals surface area contributed by atoms with E-state index >= 15 is 0 Å². The Hall–Kier alpha value is -2.48. The molecule has 0 aliphatic carbocycles. The maximum Gasteiger partial charge on any atom is 0.418 e. The molecule has 162 valence electrons. The van der Waals surface area contributed by atoms with E-state index in [1.807, 2.05) is 32.0 Å². The minimum absolute atomic E-state index is 0.107. The fourth-order valence-electron chi connectivity index (χ4n) is 2.86. The molecule has 0 aliphatic heterocycles. The van der Waals surface area contributed by atoms with Crippen molar-refractivity contribution in [1.82, 2.24) is 0 Å². The molecule has 0 bridgehead atoms. The number of halogens is 3. The third-order valence-electron chi connectivity index (χ3n) is 4.52. The summed E-state index contributed by atoms with van der Waals surface area (Å²) < 4.78 is 39.1. The molecule has 0 aliphatic rings. The van der Waals surface area contributed by atoms with Crippen molar-refractivity contribution in [2.75, 3.05) is 16.4 Å². The van der Waals surface area contributed by atoms with Gasteiger partial charge in [-0.15, -0.1) is 11.8 Å². The number of rotatable bonds is 8. The number of anilines is 2. The SMILES string of the molecule is Cc1cccc(C)c1NC(=O)CCCSC(C)C(=O)Nc1ccccc1C(F)(F)F. The standard InChI is InChI=1S/C22H25F3N2O2S/c1-14-8-6-9-15(2)20(14)27-19(28)12-7-13-30-16(3)21(29)26-18-11-5-4-10-17(18)22(23,24)25/h4-6,8-11,16H,7,12-13H2,1-3H3,(H,26,29)(H,27,28). The van der Waals surface area contributed by atoms with E-state index in [1.165, 1.54) is 30.0 Å². The van der Waals surface area contributed by atoms with Crippen LogP contribution in [0.15, 0.2) is 42.5 Å². The Balaban J connectivity index is 1.79. The van der Waals surface area contributed by atoms with Gasteiger partial charge in [0.1, 0.15) is 0 Å². The first kappa shape index (κ1) is 23.8. The van der Waals surface area contributed by atoms with Gasteiger partial charge in [0.05, 0.1) is 16.5 Å². The van der Waals surface area contributed by atoms with E-state index in [-0.39, 0.29) is 11.6 Å². The minimum atomic E-state index is -4.54. The maximum atomic E-state index is 13.0. The van der Waals surface area contributed by atoms with Gasteiger partial charge in [-0.25, -0.2) is 0 Å². The number of amides is 2. The van der Waals surface area contributed by atoms with Crippen LogP contribution in [0.2, 0.25) is 0 Å². The number of para-hydroxylation sites is 2. The lowest BCUT2D eigenvalue weighted by atomic mass is 10.1. The third-order valence-corrected chi connectivity index (χ3v) is 5.76. The zero-order valence-electron chi connectivity index (χ0n) is 17.1. The summed E-state index contributed by atoms with van der Waals surface area (Å²) >= 11 is 1.30. The summed E-state index contributed by atoms with van der Waals surface area (Å²) in [5.74, 6) is -0.0729. The molecule has 0 radical (unpaired) electrons. The van der Waals surface area contributed by atoms with Gasteiger partial charge in [-0.2, -0.15) is 13.2 Å². The fraction of sp³-hybridized carbons (Fsp3) is 0.364. The average Bonchev–Trinajstić information content (AvgIpc) is 2.67. The second kappa shape index (κ2) is 10.5. The molecule has 0 heterocycles. The predicted molar refractivity (Wildman–Crippen MR) is 116 cm³/mol. The molecule has 0 saturated carbocycles. The number of benzene rings is 2. The molecular formula is C22H25F3N2O2S.